The fraction of sp³-hybridized carbons (Fsp3) is 0.583. The zero-order valence-corrected chi connectivity index (χ0v) is 10.4. The third-order valence-electron chi connectivity index (χ3n) is 2.79. The molecule has 1 fully saturated rings. The van der Waals surface area contributed by atoms with Crippen LogP contribution in [0.25, 0.3) is 0 Å². The van der Waals surface area contributed by atoms with E-state index in [4.69, 9.17) is 10.5 Å². The van der Waals surface area contributed by atoms with E-state index in [1.54, 1.807) is 18.6 Å². The van der Waals surface area contributed by atoms with Gasteiger partial charge in [-0.05, 0) is 12.8 Å². The van der Waals surface area contributed by atoms with Gasteiger partial charge in [0.25, 0.3) is 0 Å². The summed E-state index contributed by atoms with van der Waals surface area (Å²) in [6.45, 7) is 2.20. The minimum Gasteiger partial charge on any atom is -0.376 e. The van der Waals surface area contributed by atoms with Crippen LogP contribution in [0.15, 0.2) is 23.6 Å². The molecule has 1 aromatic heterocycles. The van der Waals surface area contributed by atoms with Gasteiger partial charge in [0.1, 0.15) is 0 Å². The van der Waals surface area contributed by atoms with Crippen molar-refractivity contribution in [1.82, 2.24) is 15.3 Å². The minimum absolute atomic E-state index is 0.241. The third-order valence-corrected chi connectivity index (χ3v) is 2.79. The Bertz CT molecular complexity index is 375. The van der Waals surface area contributed by atoms with Crippen LogP contribution < -0.4 is 11.1 Å². The Morgan fingerprint density at radius 2 is 2.50 bits per heavy atom. The van der Waals surface area contributed by atoms with Gasteiger partial charge in [-0.1, -0.05) is 0 Å². The van der Waals surface area contributed by atoms with E-state index in [1.807, 2.05) is 0 Å². The van der Waals surface area contributed by atoms with Gasteiger partial charge in [0.2, 0.25) is 0 Å². The number of rotatable bonds is 5. The van der Waals surface area contributed by atoms with Crippen LogP contribution in [0.5, 0.6) is 0 Å². The topological polar surface area (TPSA) is 85.4 Å². The third kappa shape index (κ3) is 4.29. The number of hydrogen-bond donors (Lipinski definition) is 2. The van der Waals surface area contributed by atoms with Crippen molar-refractivity contribution in [2.24, 2.45) is 10.7 Å². The van der Waals surface area contributed by atoms with Crippen LogP contribution in [0, 0.1) is 0 Å². The Morgan fingerprint density at radius 3 is 3.22 bits per heavy atom. The van der Waals surface area contributed by atoms with Gasteiger partial charge in [-0.15, -0.1) is 0 Å². The van der Waals surface area contributed by atoms with E-state index in [2.05, 4.69) is 20.3 Å². The van der Waals surface area contributed by atoms with E-state index in [0.717, 1.165) is 31.6 Å². The molecule has 1 atom stereocenters. The van der Waals surface area contributed by atoms with Gasteiger partial charge < -0.3 is 15.8 Å². The van der Waals surface area contributed by atoms with Crippen LogP contribution in [0.3, 0.4) is 0 Å². The molecule has 1 aliphatic heterocycles. The van der Waals surface area contributed by atoms with Gasteiger partial charge >= 0.3 is 0 Å². The standard InChI is InChI=1S/C12H19N5O/c13-12(17-9-11-2-1-7-18-11)16-4-3-10-8-14-5-6-15-10/h5-6,8,11H,1-4,7,9H2,(H3,13,16,17). The molecule has 6 heteroatoms. The SMILES string of the molecule is NC(=NCC1CCCO1)NCCc1cnccn1. The number of ether oxygens (including phenoxy) is 1. The average molecular weight is 249 g/mol. The lowest BCUT2D eigenvalue weighted by atomic mass is 10.2. The normalized spacial score (nSPS) is 20.0. The highest BCUT2D eigenvalue weighted by Crippen LogP contribution is 2.11. The van der Waals surface area contributed by atoms with Gasteiger partial charge in [-0.3, -0.25) is 15.0 Å². The number of hydrogen-bond acceptors (Lipinski definition) is 4. The lowest BCUT2D eigenvalue weighted by Gasteiger charge is -2.08. The summed E-state index contributed by atoms with van der Waals surface area (Å²) in [5.41, 5.74) is 6.70. The molecule has 0 saturated carbocycles. The van der Waals surface area contributed by atoms with E-state index >= 15 is 0 Å². The van der Waals surface area contributed by atoms with Crippen molar-refractivity contribution in [3.05, 3.63) is 24.3 Å². The molecule has 0 aromatic carbocycles. The van der Waals surface area contributed by atoms with Crippen molar-refractivity contribution in [3.63, 3.8) is 0 Å². The zero-order valence-electron chi connectivity index (χ0n) is 10.4. The number of guanidine groups is 1. The van der Waals surface area contributed by atoms with E-state index < -0.39 is 0 Å². The Kier molecular flexibility index (Phi) is 4.89. The Morgan fingerprint density at radius 1 is 1.56 bits per heavy atom. The van der Waals surface area contributed by atoms with E-state index in [1.165, 1.54) is 0 Å². The van der Waals surface area contributed by atoms with Crippen molar-refractivity contribution in [1.29, 1.82) is 0 Å². The molecule has 0 amide bonds. The number of aromatic nitrogens is 2. The smallest absolute Gasteiger partial charge is 0.188 e. The maximum atomic E-state index is 5.76. The zero-order chi connectivity index (χ0) is 12.6. The second-order valence-corrected chi connectivity index (χ2v) is 4.23. The van der Waals surface area contributed by atoms with Crippen molar-refractivity contribution in [2.45, 2.75) is 25.4 Å². The molecular formula is C12H19N5O. The predicted molar refractivity (Wildman–Crippen MR) is 69.2 cm³/mol. The van der Waals surface area contributed by atoms with E-state index in [9.17, 15) is 0 Å². The molecular weight excluding hydrogens is 230 g/mol. The highest BCUT2D eigenvalue weighted by Gasteiger charge is 2.14. The molecule has 2 rings (SSSR count). The molecule has 0 radical (unpaired) electrons. The van der Waals surface area contributed by atoms with Crippen molar-refractivity contribution in [3.8, 4) is 0 Å². The molecule has 1 aliphatic rings. The summed E-state index contributed by atoms with van der Waals surface area (Å²) in [5, 5.41) is 3.06. The average Bonchev–Trinajstić information content (AvgIpc) is 2.91. The first kappa shape index (κ1) is 12.8. The summed E-state index contributed by atoms with van der Waals surface area (Å²) in [7, 11) is 0. The summed E-state index contributed by atoms with van der Waals surface area (Å²) in [4.78, 5) is 12.4. The van der Waals surface area contributed by atoms with Gasteiger partial charge in [-0.2, -0.15) is 0 Å². The lowest BCUT2D eigenvalue weighted by Crippen LogP contribution is -2.34. The summed E-state index contributed by atoms with van der Waals surface area (Å²) in [6.07, 6.45) is 8.32. The van der Waals surface area contributed by atoms with E-state index in [-0.39, 0.29) is 6.10 Å². The summed E-state index contributed by atoms with van der Waals surface area (Å²) >= 11 is 0. The van der Waals surface area contributed by atoms with Crippen LogP contribution in [-0.2, 0) is 11.2 Å². The van der Waals surface area contributed by atoms with Crippen molar-refractivity contribution >= 4 is 5.96 Å². The molecule has 0 aliphatic carbocycles. The summed E-state index contributed by atoms with van der Waals surface area (Å²) in [6, 6.07) is 0. The minimum atomic E-state index is 0.241. The van der Waals surface area contributed by atoms with Crippen LogP contribution >= 0.6 is 0 Å². The first-order valence-corrected chi connectivity index (χ1v) is 6.25. The Hall–Kier alpha value is -1.69. The highest BCUT2D eigenvalue weighted by molar-refractivity contribution is 5.77. The fourth-order valence-electron chi connectivity index (χ4n) is 1.82. The van der Waals surface area contributed by atoms with E-state index in [0.29, 0.717) is 19.0 Å². The highest BCUT2D eigenvalue weighted by atomic mass is 16.5. The second kappa shape index (κ2) is 6.90. The van der Waals surface area contributed by atoms with Gasteiger partial charge in [0, 0.05) is 38.2 Å². The van der Waals surface area contributed by atoms with Crippen molar-refractivity contribution in [2.75, 3.05) is 19.7 Å². The Labute approximate surface area is 107 Å². The van der Waals surface area contributed by atoms with Crippen molar-refractivity contribution < 1.29 is 4.74 Å². The molecule has 1 saturated heterocycles. The Balaban J connectivity index is 1.64. The molecule has 18 heavy (non-hydrogen) atoms. The maximum absolute atomic E-state index is 5.76. The van der Waals surface area contributed by atoms with Gasteiger partial charge in [0.15, 0.2) is 5.96 Å². The number of aliphatic imine (C=N–C) groups is 1. The predicted octanol–water partition coefficient (Wildman–Crippen LogP) is 0.102. The number of nitrogens with two attached hydrogens (primary N) is 1. The lowest BCUT2D eigenvalue weighted by molar-refractivity contribution is 0.118. The second-order valence-electron chi connectivity index (χ2n) is 4.23. The molecule has 1 aromatic rings. The molecule has 98 valence electrons. The number of nitrogens with one attached hydrogen (secondary N) is 1. The largest absolute Gasteiger partial charge is 0.376 e. The first-order valence-electron chi connectivity index (χ1n) is 6.25. The van der Waals surface area contributed by atoms with Crippen LogP contribution in [-0.4, -0.2) is 41.7 Å². The van der Waals surface area contributed by atoms with Crippen LogP contribution in [0.1, 0.15) is 18.5 Å². The molecule has 2 heterocycles. The molecule has 1 unspecified atom stereocenters. The van der Waals surface area contributed by atoms with Gasteiger partial charge in [0.05, 0.1) is 18.3 Å². The fourth-order valence-corrected chi connectivity index (χ4v) is 1.82. The summed E-state index contributed by atoms with van der Waals surface area (Å²) < 4.78 is 5.47. The van der Waals surface area contributed by atoms with Crippen LogP contribution in [0.2, 0.25) is 0 Å². The monoisotopic (exact) mass is 249 g/mol. The van der Waals surface area contributed by atoms with Gasteiger partial charge in [-0.25, -0.2) is 0 Å². The molecule has 0 spiro atoms. The molecule has 0 bridgehead atoms. The molecule has 3 N–H and O–H groups in total. The maximum Gasteiger partial charge on any atom is 0.188 e. The van der Waals surface area contributed by atoms with Crippen LogP contribution in [0.4, 0.5) is 0 Å². The molecule has 6 nitrogen and oxygen atoms in total. The first-order chi connectivity index (χ1) is 8.84. The summed E-state index contributed by atoms with van der Waals surface area (Å²) in [5.74, 6) is 0.467. The quantitative estimate of drug-likeness (QED) is 0.571. The number of nitrogens with zero attached hydrogens (tertiary/aromatic N) is 3.